The molecule has 160 valence electrons. The van der Waals surface area contributed by atoms with Gasteiger partial charge in [0, 0.05) is 24.5 Å². The Hall–Kier alpha value is -4.12. The number of hydrogen-bond acceptors (Lipinski definition) is 3. The molecule has 1 amide bonds. The molecule has 0 bridgehead atoms. The van der Waals surface area contributed by atoms with Crippen molar-refractivity contribution in [3.63, 3.8) is 0 Å². The zero-order valence-electron chi connectivity index (χ0n) is 18.2. The molecule has 1 aromatic heterocycles. The normalized spacial score (nSPS) is 11.2. The number of rotatable bonds is 7. The summed E-state index contributed by atoms with van der Waals surface area (Å²) in [7, 11) is 1.64. The van der Waals surface area contributed by atoms with Crippen LogP contribution < -0.4 is 10.1 Å². The maximum atomic E-state index is 13.3. The third kappa shape index (κ3) is 4.78. The summed E-state index contributed by atoms with van der Waals surface area (Å²) in [5, 5.41) is 3.10. The largest absolute Gasteiger partial charge is 0.497 e. The highest BCUT2D eigenvalue weighted by molar-refractivity contribution is 6.24. The first-order valence-corrected chi connectivity index (χ1v) is 10.4. The maximum Gasteiger partial charge on any atom is 0.252 e. The molecule has 1 heterocycles. The quantitative estimate of drug-likeness (QED) is 0.334. The first-order valence-electron chi connectivity index (χ1n) is 10.4. The van der Waals surface area contributed by atoms with Gasteiger partial charge in [-0.25, -0.2) is 4.98 Å². The van der Waals surface area contributed by atoms with Gasteiger partial charge in [-0.05, 0) is 47.9 Å². The molecule has 5 heteroatoms. The third-order valence-corrected chi connectivity index (χ3v) is 5.27. The Kier molecular flexibility index (Phi) is 6.46. The minimum atomic E-state index is -0.135. The van der Waals surface area contributed by atoms with Gasteiger partial charge in [-0.15, -0.1) is 0 Å². The Morgan fingerprint density at radius 1 is 1.00 bits per heavy atom. The van der Waals surface area contributed by atoms with Crippen LogP contribution in [0.1, 0.15) is 22.5 Å². The standard InChI is InChI=1S/C27H25N3O2/c1-20-28-16-17-30(20)26-11-7-6-10-23(26)19-29-27(31)25(22-8-4-3-5-9-22)18-21-12-14-24(32-2)15-13-21/h3-18H,19H2,1-2H3,(H,29,31)/b25-18+. The van der Waals surface area contributed by atoms with Gasteiger partial charge in [-0.1, -0.05) is 60.7 Å². The number of imidazole rings is 1. The molecule has 4 aromatic rings. The van der Waals surface area contributed by atoms with Crippen molar-refractivity contribution >= 4 is 17.6 Å². The van der Waals surface area contributed by atoms with Crippen LogP contribution in [-0.2, 0) is 11.3 Å². The molecule has 1 N–H and O–H groups in total. The van der Waals surface area contributed by atoms with Crippen LogP contribution in [0.2, 0.25) is 0 Å². The minimum Gasteiger partial charge on any atom is -0.497 e. The molecular weight excluding hydrogens is 398 g/mol. The van der Waals surface area contributed by atoms with E-state index in [1.807, 2.05) is 103 Å². The fraction of sp³-hybridized carbons (Fsp3) is 0.111. The summed E-state index contributed by atoms with van der Waals surface area (Å²) in [5.74, 6) is 1.54. The number of benzene rings is 3. The van der Waals surface area contributed by atoms with E-state index in [0.717, 1.165) is 34.0 Å². The van der Waals surface area contributed by atoms with Gasteiger partial charge in [0.2, 0.25) is 0 Å². The molecule has 0 radical (unpaired) electrons. The number of amides is 1. The predicted molar refractivity (Wildman–Crippen MR) is 127 cm³/mol. The van der Waals surface area contributed by atoms with Crippen molar-refractivity contribution in [1.29, 1.82) is 0 Å². The van der Waals surface area contributed by atoms with Crippen molar-refractivity contribution in [1.82, 2.24) is 14.9 Å². The second-order valence-corrected chi connectivity index (χ2v) is 7.35. The second-order valence-electron chi connectivity index (χ2n) is 7.35. The van der Waals surface area contributed by atoms with E-state index in [0.29, 0.717) is 12.1 Å². The van der Waals surface area contributed by atoms with Crippen LogP contribution >= 0.6 is 0 Å². The molecule has 0 saturated carbocycles. The fourth-order valence-electron chi connectivity index (χ4n) is 3.56. The number of nitrogens with zero attached hydrogens (tertiary/aromatic N) is 2. The molecular formula is C27H25N3O2. The number of nitrogens with one attached hydrogen (secondary N) is 1. The first-order chi connectivity index (χ1) is 15.7. The van der Waals surface area contributed by atoms with Crippen molar-refractivity contribution < 1.29 is 9.53 Å². The molecule has 3 aromatic carbocycles. The van der Waals surface area contributed by atoms with E-state index in [9.17, 15) is 4.79 Å². The van der Waals surface area contributed by atoms with Crippen molar-refractivity contribution in [3.8, 4) is 11.4 Å². The highest BCUT2D eigenvalue weighted by Gasteiger charge is 2.14. The fourth-order valence-corrected chi connectivity index (χ4v) is 3.56. The van der Waals surface area contributed by atoms with Crippen molar-refractivity contribution in [3.05, 3.63) is 114 Å². The molecule has 0 spiro atoms. The monoisotopic (exact) mass is 423 g/mol. The van der Waals surface area contributed by atoms with Crippen LogP contribution in [0.15, 0.2) is 91.3 Å². The number of ether oxygens (including phenoxy) is 1. The number of carbonyl (C=O) groups is 1. The molecule has 0 fully saturated rings. The highest BCUT2D eigenvalue weighted by atomic mass is 16.5. The van der Waals surface area contributed by atoms with Crippen molar-refractivity contribution in [2.45, 2.75) is 13.5 Å². The average molecular weight is 424 g/mol. The topological polar surface area (TPSA) is 56.1 Å². The number of carbonyl (C=O) groups excluding carboxylic acids is 1. The Bertz CT molecular complexity index is 1230. The molecule has 0 atom stereocenters. The van der Waals surface area contributed by atoms with Crippen LogP contribution in [0, 0.1) is 6.92 Å². The SMILES string of the molecule is COc1ccc(/C=C(/C(=O)NCc2ccccc2-n2ccnc2C)c2ccccc2)cc1. The lowest BCUT2D eigenvalue weighted by atomic mass is 10.0. The molecule has 5 nitrogen and oxygen atoms in total. The van der Waals surface area contributed by atoms with Crippen LogP contribution in [-0.4, -0.2) is 22.6 Å². The summed E-state index contributed by atoms with van der Waals surface area (Å²) in [4.78, 5) is 17.6. The zero-order chi connectivity index (χ0) is 22.3. The van der Waals surface area contributed by atoms with E-state index in [1.54, 1.807) is 13.3 Å². The lowest BCUT2D eigenvalue weighted by molar-refractivity contribution is -0.115. The molecule has 0 aliphatic carbocycles. The van der Waals surface area contributed by atoms with Gasteiger partial charge < -0.3 is 14.6 Å². The number of aromatic nitrogens is 2. The summed E-state index contributed by atoms with van der Waals surface area (Å²) in [6.07, 6.45) is 5.60. The van der Waals surface area contributed by atoms with E-state index < -0.39 is 0 Å². The van der Waals surface area contributed by atoms with E-state index in [-0.39, 0.29) is 5.91 Å². The van der Waals surface area contributed by atoms with Gasteiger partial charge in [0.25, 0.3) is 5.91 Å². The highest BCUT2D eigenvalue weighted by Crippen LogP contribution is 2.21. The summed E-state index contributed by atoms with van der Waals surface area (Å²) in [5.41, 5.74) is 4.41. The van der Waals surface area contributed by atoms with Crippen LogP contribution in [0.4, 0.5) is 0 Å². The van der Waals surface area contributed by atoms with Gasteiger partial charge in [-0.2, -0.15) is 0 Å². The smallest absolute Gasteiger partial charge is 0.252 e. The molecule has 0 saturated heterocycles. The van der Waals surface area contributed by atoms with E-state index in [2.05, 4.69) is 10.3 Å². The molecule has 32 heavy (non-hydrogen) atoms. The van der Waals surface area contributed by atoms with Gasteiger partial charge in [0.1, 0.15) is 11.6 Å². The van der Waals surface area contributed by atoms with E-state index >= 15 is 0 Å². The maximum absolute atomic E-state index is 13.3. The third-order valence-electron chi connectivity index (χ3n) is 5.27. The Morgan fingerprint density at radius 2 is 1.72 bits per heavy atom. The van der Waals surface area contributed by atoms with Crippen LogP contribution in [0.3, 0.4) is 0 Å². The Morgan fingerprint density at radius 3 is 2.41 bits per heavy atom. The lowest BCUT2D eigenvalue weighted by Crippen LogP contribution is -2.24. The number of para-hydroxylation sites is 1. The van der Waals surface area contributed by atoms with Gasteiger partial charge in [-0.3, -0.25) is 4.79 Å². The van der Waals surface area contributed by atoms with Crippen molar-refractivity contribution in [2.24, 2.45) is 0 Å². The van der Waals surface area contributed by atoms with Crippen LogP contribution in [0.25, 0.3) is 17.3 Å². The van der Waals surface area contributed by atoms with Gasteiger partial charge >= 0.3 is 0 Å². The molecule has 0 unspecified atom stereocenters. The summed E-state index contributed by atoms with van der Waals surface area (Å²) < 4.78 is 7.26. The molecule has 0 aliphatic rings. The Balaban J connectivity index is 1.60. The van der Waals surface area contributed by atoms with E-state index in [4.69, 9.17) is 4.74 Å². The second kappa shape index (κ2) is 9.79. The van der Waals surface area contributed by atoms with Gasteiger partial charge in [0.05, 0.1) is 12.8 Å². The van der Waals surface area contributed by atoms with Gasteiger partial charge in [0.15, 0.2) is 0 Å². The van der Waals surface area contributed by atoms with Crippen molar-refractivity contribution in [2.75, 3.05) is 7.11 Å². The first kappa shape index (κ1) is 21.1. The summed E-state index contributed by atoms with van der Waals surface area (Å²) in [6.45, 7) is 2.36. The number of methoxy groups -OCH3 is 1. The summed E-state index contributed by atoms with van der Waals surface area (Å²) >= 11 is 0. The summed E-state index contributed by atoms with van der Waals surface area (Å²) in [6, 6.07) is 25.3. The number of hydrogen-bond donors (Lipinski definition) is 1. The van der Waals surface area contributed by atoms with E-state index in [1.165, 1.54) is 0 Å². The van der Waals surface area contributed by atoms with Crippen LogP contribution in [0.5, 0.6) is 5.75 Å². The predicted octanol–water partition coefficient (Wildman–Crippen LogP) is 5.05. The zero-order valence-corrected chi connectivity index (χ0v) is 18.2. The lowest BCUT2D eigenvalue weighted by Gasteiger charge is -2.14. The Labute approximate surface area is 188 Å². The number of aryl methyl sites for hydroxylation is 1. The molecule has 0 aliphatic heterocycles. The minimum absolute atomic E-state index is 0.135. The molecule has 4 rings (SSSR count). The average Bonchev–Trinajstić information content (AvgIpc) is 3.27.